The van der Waals surface area contributed by atoms with E-state index in [9.17, 15) is 0 Å². The molecule has 2 rings (SSSR count). The molecule has 0 spiro atoms. The Morgan fingerprint density at radius 1 is 1.21 bits per heavy atom. The van der Waals surface area contributed by atoms with E-state index >= 15 is 0 Å². The second-order valence-electron chi connectivity index (χ2n) is 5.35. The van der Waals surface area contributed by atoms with Crippen LogP contribution in [0, 0.1) is 11.8 Å². The van der Waals surface area contributed by atoms with Crippen LogP contribution in [0.5, 0.6) is 0 Å². The Labute approximate surface area is 88.1 Å². The zero-order valence-electron chi connectivity index (χ0n) is 9.79. The van der Waals surface area contributed by atoms with E-state index in [0.717, 1.165) is 23.9 Å². The number of rotatable bonds is 2. The lowest BCUT2D eigenvalue weighted by molar-refractivity contribution is 0.0638. The number of nitrogens with zero attached hydrogens (tertiary/aromatic N) is 1. The summed E-state index contributed by atoms with van der Waals surface area (Å²) >= 11 is 0. The molecular weight excluding hydrogens is 172 g/mol. The largest absolute Gasteiger partial charge is 0.315 e. The van der Waals surface area contributed by atoms with E-state index in [-0.39, 0.29) is 0 Å². The molecule has 0 saturated carbocycles. The van der Waals surface area contributed by atoms with E-state index in [0.29, 0.717) is 0 Å². The number of fused-ring (bicyclic) bond motifs is 1. The number of nitrogens with one attached hydrogen (secondary N) is 1. The zero-order chi connectivity index (χ0) is 10.1. The second kappa shape index (κ2) is 4.19. The third kappa shape index (κ3) is 1.82. The number of likely N-dealkylation sites (tertiary alicyclic amines) is 1. The summed E-state index contributed by atoms with van der Waals surface area (Å²) in [6.45, 7) is 10.9. The van der Waals surface area contributed by atoms with Gasteiger partial charge in [0.25, 0.3) is 0 Å². The number of piperidine rings is 1. The third-order valence-electron chi connectivity index (χ3n) is 4.21. The van der Waals surface area contributed by atoms with Gasteiger partial charge in [-0.3, -0.25) is 4.90 Å². The van der Waals surface area contributed by atoms with Crippen molar-refractivity contribution < 1.29 is 0 Å². The fourth-order valence-electron chi connectivity index (χ4n) is 2.99. The van der Waals surface area contributed by atoms with Crippen molar-refractivity contribution in [2.45, 2.75) is 45.7 Å². The van der Waals surface area contributed by atoms with Crippen molar-refractivity contribution in [2.75, 3.05) is 19.6 Å². The van der Waals surface area contributed by atoms with Gasteiger partial charge < -0.3 is 5.32 Å². The maximum Gasteiger partial charge on any atom is 0.0263 e. The maximum absolute atomic E-state index is 3.55. The Morgan fingerprint density at radius 2 is 2.00 bits per heavy atom. The molecule has 1 N–H and O–H groups in total. The minimum atomic E-state index is 0.752. The van der Waals surface area contributed by atoms with Crippen LogP contribution in [0.4, 0.5) is 0 Å². The molecule has 0 radical (unpaired) electrons. The lowest BCUT2D eigenvalue weighted by Gasteiger charge is -2.42. The molecule has 0 aromatic carbocycles. The summed E-state index contributed by atoms with van der Waals surface area (Å²) in [6.07, 6.45) is 2.85. The van der Waals surface area contributed by atoms with E-state index in [1.807, 2.05) is 0 Å². The van der Waals surface area contributed by atoms with Gasteiger partial charge in [-0.2, -0.15) is 0 Å². The van der Waals surface area contributed by atoms with Crippen LogP contribution in [-0.4, -0.2) is 36.6 Å². The molecule has 2 fully saturated rings. The summed E-state index contributed by atoms with van der Waals surface area (Å²) in [6, 6.07) is 1.59. The topological polar surface area (TPSA) is 15.3 Å². The molecule has 3 atom stereocenters. The van der Waals surface area contributed by atoms with E-state index in [1.54, 1.807) is 0 Å². The van der Waals surface area contributed by atoms with Gasteiger partial charge in [0.15, 0.2) is 0 Å². The van der Waals surface area contributed by atoms with Crippen molar-refractivity contribution in [3.63, 3.8) is 0 Å². The second-order valence-corrected chi connectivity index (χ2v) is 5.35. The average Bonchev–Trinajstić information content (AvgIpc) is 2.63. The minimum absolute atomic E-state index is 0.752. The van der Waals surface area contributed by atoms with E-state index < -0.39 is 0 Å². The zero-order valence-corrected chi connectivity index (χ0v) is 9.79. The molecule has 2 nitrogen and oxygen atoms in total. The van der Waals surface area contributed by atoms with Crippen LogP contribution in [0.2, 0.25) is 0 Å². The predicted octanol–water partition coefficient (Wildman–Crippen LogP) is 1.71. The summed E-state index contributed by atoms with van der Waals surface area (Å²) in [5.41, 5.74) is 0. The highest BCUT2D eigenvalue weighted by Gasteiger charge is 2.37. The molecule has 0 amide bonds. The molecule has 0 aromatic heterocycles. The van der Waals surface area contributed by atoms with Gasteiger partial charge >= 0.3 is 0 Å². The van der Waals surface area contributed by atoms with Gasteiger partial charge in [0.05, 0.1) is 0 Å². The van der Waals surface area contributed by atoms with Gasteiger partial charge in [0.2, 0.25) is 0 Å². The Bertz CT molecular complexity index is 191. The average molecular weight is 196 g/mol. The van der Waals surface area contributed by atoms with Crippen LogP contribution in [0.1, 0.15) is 33.6 Å². The minimum Gasteiger partial charge on any atom is -0.315 e. The summed E-state index contributed by atoms with van der Waals surface area (Å²) in [4.78, 5) is 2.75. The van der Waals surface area contributed by atoms with Crippen LogP contribution in [-0.2, 0) is 0 Å². The van der Waals surface area contributed by atoms with Gasteiger partial charge in [-0.05, 0) is 44.7 Å². The monoisotopic (exact) mass is 196 g/mol. The Kier molecular flexibility index (Phi) is 3.13. The van der Waals surface area contributed by atoms with Gasteiger partial charge in [0.1, 0.15) is 0 Å². The first-order chi connectivity index (χ1) is 6.70. The first-order valence-corrected chi connectivity index (χ1v) is 6.16. The highest BCUT2D eigenvalue weighted by molar-refractivity contribution is 4.94. The fourth-order valence-corrected chi connectivity index (χ4v) is 2.99. The quantitative estimate of drug-likeness (QED) is 0.723. The SMILES string of the molecule is CC(C)C(C)N1CCCC2CNCC21. The van der Waals surface area contributed by atoms with E-state index in [4.69, 9.17) is 0 Å². The van der Waals surface area contributed by atoms with Crippen molar-refractivity contribution in [2.24, 2.45) is 11.8 Å². The highest BCUT2D eigenvalue weighted by atomic mass is 15.2. The molecule has 2 heterocycles. The first-order valence-electron chi connectivity index (χ1n) is 6.16. The highest BCUT2D eigenvalue weighted by Crippen LogP contribution is 2.29. The maximum atomic E-state index is 3.55. The molecule has 14 heavy (non-hydrogen) atoms. The molecule has 0 bridgehead atoms. The number of hydrogen-bond acceptors (Lipinski definition) is 2. The summed E-state index contributed by atoms with van der Waals surface area (Å²) in [5.74, 6) is 1.72. The van der Waals surface area contributed by atoms with E-state index in [1.165, 1.54) is 32.5 Å². The Morgan fingerprint density at radius 3 is 2.71 bits per heavy atom. The van der Waals surface area contributed by atoms with Gasteiger partial charge in [-0.25, -0.2) is 0 Å². The Hall–Kier alpha value is -0.0800. The molecule has 3 unspecified atom stereocenters. The number of hydrogen-bond donors (Lipinski definition) is 1. The van der Waals surface area contributed by atoms with Crippen molar-refractivity contribution >= 4 is 0 Å². The lowest BCUT2D eigenvalue weighted by atomic mass is 9.89. The van der Waals surface area contributed by atoms with Crippen molar-refractivity contribution in [3.05, 3.63) is 0 Å². The van der Waals surface area contributed by atoms with Crippen LogP contribution in [0.3, 0.4) is 0 Å². The Balaban J connectivity index is 2.02. The first kappa shape index (κ1) is 10.4. The van der Waals surface area contributed by atoms with Crippen molar-refractivity contribution in [1.29, 1.82) is 0 Å². The summed E-state index contributed by atoms with van der Waals surface area (Å²) in [7, 11) is 0. The van der Waals surface area contributed by atoms with Gasteiger partial charge in [-0.1, -0.05) is 13.8 Å². The smallest absolute Gasteiger partial charge is 0.0263 e. The summed E-state index contributed by atoms with van der Waals surface area (Å²) in [5, 5.41) is 3.55. The normalized spacial score (nSPS) is 36.0. The van der Waals surface area contributed by atoms with Crippen LogP contribution >= 0.6 is 0 Å². The van der Waals surface area contributed by atoms with Crippen LogP contribution in [0.15, 0.2) is 0 Å². The molecule has 82 valence electrons. The van der Waals surface area contributed by atoms with E-state index in [2.05, 4.69) is 31.0 Å². The van der Waals surface area contributed by atoms with Gasteiger partial charge in [0, 0.05) is 18.6 Å². The molecule has 0 aliphatic carbocycles. The summed E-state index contributed by atoms with van der Waals surface area (Å²) < 4.78 is 0. The molecule has 0 aromatic rings. The van der Waals surface area contributed by atoms with Gasteiger partial charge in [-0.15, -0.1) is 0 Å². The molecular formula is C12H24N2. The van der Waals surface area contributed by atoms with Crippen molar-refractivity contribution in [3.8, 4) is 0 Å². The third-order valence-corrected chi connectivity index (χ3v) is 4.21. The molecule has 2 aliphatic heterocycles. The molecule has 2 saturated heterocycles. The fraction of sp³-hybridized carbons (Fsp3) is 1.00. The lowest BCUT2D eigenvalue weighted by Crippen LogP contribution is -2.51. The molecule has 2 aliphatic rings. The van der Waals surface area contributed by atoms with Crippen molar-refractivity contribution in [1.82, 2.24) is 10.2 Å². The van der Waals surface area contributed by atoms with Crippen LogP contribution < -0.4 is 5.32 Å². The van der Waals surface area contributed by atoms with Crippen LogP contribution in [0.25, 0.3) is 0 Å². The predicted molar refractivity (Wildman–Crippen MR) is 60.4 cm³/mol. The standard InChI is InChI=1S/C12H24N2/c1-9(2)10(3)14-6-4-5-11-7-13-8-12(11)14/h9-13H,4-8H2,1-3H3. The molecule has 2 heteroatoms.